The minimum absolute atomic E-state index is 0.283. The van der Waals surface area contributed by atoms with Gasteiger partial charge in [0, 0.05) is 25.1 Å². The van der Waals surface area contributed by atoms with E-state index < -0.39 is 0 Å². The van der Waals surface area contributed by atoms with Gasteiger partial charge in [0.2, 0.25) is 0 Å². The van der Waals surface area contributed by atoms with E-state index in [0.29, 0.717) is 17.7 Å². The molecule has 1 saturated carbocycles. The van der Waals surface area contributed by atoms with E-state index in [-0.39, 0.29) is 6.61 Å². The van der Waals surface area contributed by atoms with Gasteiger partial charge >= 0.3 is 0 Å². The quantitative estimate of drug-likeness (QED) is 0.472. The molecule has 6 nitrogen and oxygen atoms in total. The smallest absolute Gasteiger partial charge is 0.148 e. The molecule has 6 heteroatoms. The molecule has 1 aliphatic rings. The van der Waals surface area contributed by atoms with Crippen LogP contribution < -0.4 is 16.6 Å². The first-order valence-electron chi connectivity index (χ1n) is 7.88. The summed E-state index contributed by atoms with van der Waals surface area (Å²) in [7, 11) is 0. The van der Waals surface area contributed by atoms with Crippen LogP contribution in [-0.2, 0) is 6.42 Å². The van der Waals surface area contributed by atoms with E-state index in [1.165, 1.54) is 19.3 Å². The van der Waals surface area contributed by atoms with Crippen molar-refractivity contribution in [1.82, 2.24) is 9.97 Å². The predicted molar refractivity (Wildman–Crippen MR) is 85.0 cm³/mol. The fourth-order valence-electron chi connectivity index (χ4n) is 3.06. The van der Waals surface area contributed by atoms with Crippen LogP contribution in [0, 0.1) is 18.8 Å². The third kappa shape index (κ3) is 3.83. The van der Waals surface area contributed by atoms with Crippen LogP contribution in [0.5, 0.6) is 0 Å². The van der Waals surface area contributed by atoms with Gasteiger partial charge in [0.05, 0.1) is 0 Å². The van der Waals surface area contributed by atoms with Gasteiger partial charge in [0.25, 0.3) is 0 Å². The molecule has 0 saturated heterocycles. The molecule has 118 valence electrons. The molecule has 0 radical (unpaired) electrons. The van der Waals surface area contributed by atoms with E-state index in [9.17, 15) is 5.11 Å². The van der Waals surface area contributed by atoms with E-state index in [1.54, 1.807) is 0 Å². The first-order valence-corrected chi connectivity index (χ1v) is 7.88. The van der Waals surface area contributed by atoms with Gasteiger partial charge in [0.15, 0.2) is 0 Å². The molecule has 0 bridgehead atoms. The van der Waals surface area contributed by atoms with E-state index >= 15 is 0 Å². The van der Waals surface area contributed by atoms with Gasteiger partial charge in [-0.1, -0.05) is 19.8 Å². The summed E-state index contributed by atoms with van der Waals surface area (Å²) in [5.41, 5.74) is 3.57. The van der Waals surface area contributed by atoms with Crippen LogP contribution >= 0.6 is 0 Å². The number of aliphatic hydroxyl groups is 1. The molecular formula is C15H27N5O. The number of nitrogens with one attached hydrogen (secondary N) is 2. The number of nitrogens with zero attached hydrogens (tertiary/aromatic N) is 2. The van der Waals surface area contributed by atoms with Crippen molar-refractivity contribution in [3.8, 4) is 0 Å². The Morgan fingerprint density at radius 2 is 1.86 bits per heavy atom. The topological polar surface area (TPSA) is 96.1 Å². The number of aliphatic hydroxyl groups excluding tert-OH is 1. The second-order valence-electron chi connectivity index (χ2n) is 5.83. The molecule has 2 atom stereocenters. The molecule has 5 N–H and O–H groups in total. The lowest BCUT2D eigenvalue weighted by molar-refractivity contribution is 0.141. The van der Waals surface area contributed by atoms with Crippen LogP contribution in [0.15, 0.2) is 0 Å². The van der Waals surface area contributed by atoms with Crippen molar-refractivity contribution in [2.75, 3.05) is 23.9 Å². The summed E-state index contributed by atoms with van der Waals surface area (Å²) < 4.78 is 0. The number of anilines is 2. The highest BCUT2D eigenvalue weighted by Crippen LogP contribution is 2.30. The van der Waals surface area contributed by atoms with Crippen molar-refractivity contribution in [3.05, 3.63) is 11.4 Å². The minimum atomic E-state index is 0.283. The van der Waals surface area contributed by atoms with Gasteiger partial charge in [-0.25, -0.2) is 15.8 Å². The zero-order valence-electron chi connectivity index (χ0n) is 13.0. The molecule has 1 aromatic rings. The van der Waals surface area contributed by atoms with Crippen molar-refractivity contribution in [2.45, 2.75) is 46.0 Å². The lowest BCUT2D eigenvalue weighted by Crippen LogP contribution is -2.29. The standard InChI is InChI=1S/C15H27N5O/c1-3-13-18-14(10(2)15(19-13)20-16)17-8-11-6-4-5-7-12(11)9-21/h11-12,21H,3-9,16H2,1-2H3,(H2,17,18,19,20). The summed E-state index contributed by atoms with van der Waals surface area (Å²) in [6.07, 6.45) is 5.55. The number of aryl methyl sites for hydroxylation is 1. The van der Waals surface area contributed by atoms with Crippen molar-refractivity contribution >= 4 is 11.6 Å². The van der Waals surface area contributed by atoms with Crippen LogP contribution in [0.1, 0.15) is 44.0 Å². The maximum Gasteiger partial charge on any atom is 0.148 e. The third-order valence-electron chi connectivity index (χ3n) is 4.48. The molecule has 2 unspecified atom stereocenters. The lowest BCUT2D eigenvalue weighted by atomic mass is 9.79. The zero-order valence-corrected chi connectivity index (χ0v) is 13.0. The fourth-order valence-corrected chi connectivity index (χ4v) is 3.06. The summed E-state index contributed by atoms with van der Waals surface area (Å²) in [6.45, 7) is 5.11. The molecule has 0 amide bonds. The van der Waals surface area contributed by atoms with E-state index in [1.807, 2.05) is 13.8 Å². The van der Waals surface area contributed by atoms with E-state index in [0.717, 1.165) is 36.6 Å². The Labute approximate surface area is 126 Å². The molecule has 1 heterocycles. The number of nitrogens with two attached hydrogens (primary N) is 1. The Bertz CT molecular complexity index is 466. The largest absolute Gasteiger partial charge is 0.396 e. The van der Waals surface area contributed by atoms with Crippen molar-refractivity contribution in [3.63, 3.8) is 0 Å². The number of hydrazine groups is 1. The van der Waals surface area contributed by atoms with Crippen LogP contribution in [0.4, 0.5) is 11.6 Å². The van der Waals surface area contributed by atoms with Crippen LogP contribution in [0.25, 0.3) is 0 Å². The Morgan fingerprint density at radius 3 is 2.48 bits per heavy atom. The van der Waals surface area contributed by atoms with Gasteiger partial charge < -0.3 is 15.8 Å². The van der Waals surface area contributed by atoms with Crippen LogP contribution in [-0.4, -0.2) is 28.2 Å². The Kier molecular flexibility index (Phi) is 5.76. The second-order valence-corrected chi connectivity index (χ2v) is 5.83. The van der Waals surface area contributed by atoms with Gasteiger partial charge in [-0.15, -0.1) is 0 Å². The van der Waals surface area contributed by atoms with Crippen LogP contribution in [0.3, 0.4) is 0 Å². The number of hydrogen-bond donors (Lipinski definition) is 4. The van der Waals surface area contributed by atoms with Gasteiger partial charge in [-0.2, -0.15) is 0 Å². The lowest BCUT2D eigenvalue weighted by Gasteiger charge is -2.30. The molecule has 0 aromatic carbocycles. The molecule has 21 heavy (non-hydrogen) atoms. The molecule has 1 fully saturated rings. The number of nitrogen functional groups attached to an aromatic ring is 1. The Morgan fingerprint density at radius 1 is 1.19 bits per heavy atom. The molecule has 1 aromatic heterocycles. The highest BCUT2D eigenvalue weighted by molar-refractivity contribution is 5.56. The van der Waals surface area contributed by atoms with Crippen molar-refractivity contribution in [2.24, 2.45) is 17.7 Å². The molecule has 0 aliphatic heterocycles. The molecule has 2 rings (SSSR count). The minimum Gasteiger partial charge on any atom is -0.396 e. The first-order chi connectivity index (χ1) is 10.2. The summed E-state index contributed by atoms with van der Waals surface area (Å²) in [5.74, 6) is 8.74. The Hall–Kier alpha value is -1.40. The van der Waals surface area contributed by atoms with Crippen molar-refractivity contribution < 1.29 is 5.11 Å². The fraction of sp³-hybridized carbons (Fsp3) is 0.733. The summed E-state index contributed by atoms with van der Waals surface area (Å²) in [6, 6.07) is 0. The van der Waals surface area contributed by atoms with Crippen molar-refractivity contribution in [1.29, 1.82) is 0 Å². The zero-order chi connectivity index (χ0) is 15.2. The number of rotatable bonds is 6. The maximum atomic E-state index is 9.50. The average molecular weight is 293 g/mol. The SMILES string of the molecule is CCc1nc(NN)c(C)c(NCC2CCCCC2CO)n1. The summed E-state index contributed by atoms with van der Waals surface area (Å²) in [5, 5.41) is 12.9. The van der Waals surface area contributed by atoms with Gasteiger partial charge in [-0.3, -0.25) is 0 Å². The van der Waals surface area contributed by atoms with Crippen LogP contribution in [0.2, 0.25) is 0 Å². The summed E-state index contributed by atoms with van der Waals surface area (Å²) >= 11 is 0. The number of hydrogen-bond acceptors (Lipinski definition) is 6. The van der Waals surface area contributed by atoms with Gasteiger partial charge in [0.1, 0.15) is 17.5 Å². The predicted octanol–water partition coefficient (Wildman–Crippen LogP) is 1.84. The number of aromatic nitrogens is 2. The summed E-state index contributed by atoms with van der Waals surface area (Å²) in [4.78, 5) is 8.92. The third-order valence-corrected chi connectivity index (χ3v) is 4.48. The van der Waals surface area contributed by atoms with E-state index in [4.69, 9.17) is 5.84 Å². The highest BCUT2D eigenvalue weighted by atomic mass is 16.3. The monoisotopic (exact) mass is 293 g/mol. The first kappa shape index (κ1) is 16.0. The normalized spacial score (nSPS) is 22.1. The average Bonchev–Trinajstić information content (AvgIpc) is 2.54. The van der Waals surface area contributed by atoms with E-state index in [2.05, 4.69) is 20.7 Å². The van der Waals surface area contributed by atoms with Gasteiger partial charge in [-0.05, 0) is 31.6 Å². The second kappa shape index (κ2) is 7.56. The maximum absolute atomic E-state index is 9.50. The molecule has 1 aliphatic carbocycles. The Balaban J connectivity index is 2.08. The molecular weight excluding hydrogens is 266 g/mol. The highest BCUT2D eigenvalue weighted by Gasteiger charge is 2.24. The molecule has 0 spiro atoms.